The molecule has 1 aliphatic rings. The fourth-order valence-electron chi connectivity index (χ4n) is 2.09. The van der Waals surface area contributed by atoms with E-state index in [1.54, 1.807) is 20.8 Å². The van der Waals surface area contributed by atoms with Gasteiger partial charge in [0.15, 0.2) is 0 Å². The Balaban J connectivity index is 2.56. The molecule has 1 saturated heterocycles. The number of ether oxygens (including phenoxy) is 1. The highest BCUT2D eigenvalue weighted by Gasteiger charge is 2.47. The molecule has 0 aromatic heterocycles. The molecule has 0 aliphatic carbocycles. The molecule has 1 amide bonds. The summed E-state index contributed by atoms with van der Waals surface area (Å²) in [5, 5.41) is 0. The van der Waals surface area contributed by atoms with Crippen LogP contribution in [0.1, 0.15) is 47.5 Å². The summed E-state index contributed by atoms with van der Waals surface area (Å²) < 4.78 is 20.1. The van der Waals surface area contributed by atoms with Crippen LogP contribution in [0.2, 0.25) is 0 Å². The van der Waals surface area contributed by atoms with Gasteiger partial charge in [0, 0.05) is 12.6 Å². The molecule has 2 N–H and O–H groups in total. The molecular formula is C16H29FN2O5. The summed E-state index contributed by atoms with van der Waals surface area (Å²) in [7, 11) is 0. The van der Waals surface area contributed by atoms with Crippen LogP contribution in [0.25, 0.3) is 0 Å². The van der Waals surface area contributed by atoms with Crippen LogP contribution in [0.5, 0.6) is 0 Å². The molecule has 1 fully saturated rings. The first-order valence-corrected chi connectivity index (χ1v) is 8.21. The van der Waals surface area contributed by atoms with Crippen molar-refractivity contribution in [3.8, 4) is 0 Å². The highest BCUT2D eigenvalue weighted by molar-refractivity contribution is 5.80. The number of hydrogen-bond donors (Lipinski definition) is 1. The van der Waals surface area contributed by atoms with E-state index in [1.165, 1.54) is 4.90 Å². The average Bonchev–Trinajstić information content (AvgIpc) is 2.45. The third kappa shape index (κ3) is 6.24. The third-order valence-corrected chi connectivity index (χ3v) is 3.71. The Morgan fingerprint density at radius 2 is 1.96 bits per heavy atom. The van der Waals surface area contributed by atoms with Crippen LogP contribution in [0.4, 0.5) is 9.18 Å². The minimum atomic E-state index is -2.31. The molecule has 8 heteroatoms. The van der Waals surface area contributed by atoms with E-state index in [2.05, 4.69) is 4.89 Å². The second kappa shape index (κ2) is 8.11. The topological polar surface area (TPSA) is 91.1 Å². The number of piperidine rings is 1. The summed E-state index contributed by atoms with van der Waals surface area (Å²) >= 11 is 0. The Hall–Kier alpha value is -1.41. The number of hydrogen-bond acceptors (Lipinski definition) is 6. The van der Waals surface area contributed by atoms with E-state index in [1.807, 2.05) is 13.8 Å². The molecule has 2 atom stereocenters. The standard InChI is InChI=1S/C16H29FN2O5/c1-11(2)12(18)9-22-24-13(20)16(17)7-6-8-19(10-16)14(21)23-15(3,4)5/h11-12H,6-10,18H2,1-5H3/t12-,16+/m0/s1. The van der Waals surface area contributed by atoms with Gasteiger partial charge in [-0.1, -0.05) is 13.8 Å². The van der Waals surface area contributed by atoms with Crippen LogP contribution in [-0.2, 0) is 19.3 Å². The predicted molar refractivity (Wildman–Crippen MR) is 85.7 cm³/mol. The molecule has 140 valence electrons. The van der Waals surface area contributed by atoms with E-state index >= 15 is 0 Å². The van der Waals surface area contributed by atoms with E-state index in [0.29, 0.717) is 13.0 Å². The van der Waals surface area contributed by atoms with Crippen molar-refractivity contribution in [1.29, 1.82) is 0 Å². The minimum Gasteiger partial charge on any atom is -0.444 e. The summed E-state index contributed by atoms with van der Waals surface area (Å²) in [6, 6.07) is -0.321. The Morgan fingerprint density at radius 3 is 2.50 bits per heavy atom. The van der Waals surface area contributed by atoms with Crippen molar-refractivity contribution in [3.05, 3.63) is 0 Å². The van der Waals surface area contributed by atoms with Gasteiger partial charge in [-0.3, -0.25) is 4.89 Å². The molecule has 0 bridgehead atoms. The summed E-state index contributed by atoms with van der Waals surface area (Å²) in [5.41, 5.74) is 2.76. The molecule has 0 aromatic carbocycles. The van der Waals surface area contributed by atoms with E-state index < -0.39 is 29.9 Å². The number of rotatable bonds is 5. The van der Waals surface area contributed by atoms with Crippen LogP contribution in [0.15, 0.2) is 0 Å². The zero-order chi connectivity index (χ0) is 18.5. The molecule has 24 heavy (non-hydrogen) atoms. The van der Waals surface area contributed by atoms with Crippen molar-refractivity contribution < 1.29 is 28.5 Å². The summed E-state index contributed by atoms with van der Waals surface area (Å²) in [5.74, 6) is -1.01. The molecule has 1 rings (SSSR count). The predicted octanol–water partition coefficient (Wildman–Crippen LogP) is 2.18. The first kappa shape index (κ1) is 20.6. The maximum absolute atomic E-state index is 14.9. The number of halogens is 1. The van der Waals surface area contributed by atoms with Crippen LogP contribution in [0, 0.1) is 5.92 Å². The number of carbonyl (C=O) groups is 2. The second-order valence-electron chi connectivity index (χ2n) is 7.53. The number of amides is 1. The summed E-state index contributed by atoms with van der Waals surface area (Å²) in [4.78, 5) is 34.5. The summed E-state index contributed by atoms with van der Waals surface area (Å²) in [6.45, 7) is 8.84. The lowest BCUT2D eigenvalue weighted by molar-refractivity contribution is -0.285. The second-order valence-corrected chi connectivity index (χ2v) is 7.53. The monoisotopic (exact) mass is 348 g/mol. The van der Waals surface area contributed by atoms with Gasteiger partial charge >= 0.3 is 12.1 Å². The molecule has 0 aromatic rings. The fraction of sp³-hybridized carbons (Fsp3) is 0.875. The Bertz CT molecular complexity index is 452. The van der Waals surface area contributed by atoms with Crippen LogP contribution in [-0.4, -0.2) is 54.0 Å². The maximum atomic E-state index is 14.9. The molecule has 0 spiro atoms. The number of carbonyl (C=O) groups excluding carboxylic acids is 2. The smallest absolute Gasteiger partial charge is 0.410 e. The lowest BCUT2D eigenvalue weighted by atomic mass is 9.95. The molecule has 7 nitrogen and oxygen atoms in total. The fourth-order valence-corrected chi connectivity index (χ4v) is 2.09. The van der Waals surface area contributed by atoms with Gasteiger partial charge in [0.25, 0.3) is 0 Å². The number of likely N-dealkylation sites (tertiary alicyclic amines) is 1. The normalized spacial score (nSPS) is 23.1. The number of nitrogens with zero attached hydrogens (tertiary/aromatic N) is 1. The first-order valence-electron chi connectivity index (χ1n) is 8.21. The molecule has 1 heterocycles. The Kier molecular flexibility index (Phi) is 6.97. The van der Waals surface area contributed by atoms with Crippen molar-refractivity contribution in [1.82, 2.24) is 4.90 Å². The minimum absolute atomic E-state index is 0.0186. The van der Waals surface area contributed by atoms with Gasteiger partial charge in [0.05, 0.1) is 6.54 Å². The average molecular weight is 348 g/mol. The molecule has 0 unspecified atom stereocenters. The SMILES string of the molecule is CC(C)[C@@H](N)COOC(=O)[C@@]1(F)CCCN(C(=O)OC(C)(C)C)C1. The van der Waals surface area contributed by atoms with Gasteiger partial charge in [0.2, 0.25) is 5.67 Å². The van der Waals surface area contributed by atoms with Crippen molar-refractivity contribution >= 4 is 12.1 Å². The lowest BCUT2D eigenvalue weighted by Gasteiger charge is -2.36. The zero-order valence-electron chi connectivity index (χ0n) is 15.1. The first-order chi connectivity index (χ1) is 10.9. The van der Waals surface area contributed by atoms with Gasteiger partial charge in [-0.15, -0.1) is 0 Å². The maximum Gasteiger partial charge on any atom is 0.410 e. The van der Waals surface area contributed by atoms with Gasteiger partial charge in [-0.2, -0.15) is 4.89 Å². The number of nitrogens with two attached hydrogens (primary N) is 1. The third-order valence-electron chi connectivity index (χ3n) is 3.71. The Labute approximate surface area is 142 Å². The van der Waals surface area contributed by atoms with E-state index in [0.717, 1.165) is 0 Å². The highest BCUT2D eigenvalue weighted by atomic mass is 19.1. The number of alkyl halides is 1. The summed E-state index contributed by atoms with van der Waals surface area (Å²) in [6.07, 6.45) is -0.360. The van der Waals surface area contributed by atoms with Gasteiger partial charge < -0.3 is 15.4 Å². The van der Waals surface area contributed by atoms with E-state index in [9.17, 15) is 14.0 Å². The largest absolute Gasteiger partial charge is 0.444 e. The van der Waals surface area contributed by atoms with Gasteiger partial charge in [-0.05, 0) is 39.5 Å². The lowest BCUT2D eigenvalue weighted by Crippen LogP contribution is -2.53. The molecule has 1 aliphatic heterocycles. The quantitative estimate of drug-likeness (QED) is 0.605. The van der Waals surface area contributed by atoms with E-state index in [4.69, 9.17) is 15.4 Å². The van der Waals surface area contributed by atoms with Crippen LogP contribution in [0.3, 0.4) is 0 Å². The molecule has 0 saturated carbocycles. The van der Waals surface area contributed by atoms with Crippen molar-refractivity contribution in [2.24, 2.45) is 11.7 Å². The Morgan fingerprint density at radius 1 is 1.33 bits per heavy atom. The van der Waals surface area contributed by atoms with Crippen LogP contribution < -0.4 is 5.73 Å². The van der Waals surface area contributed by atoms with Gasteiger partial charge in [0.1, 0.15) is 12.2 Å². The zero-order valence-corrected chi connectivity index (χ0v) is 15.1. The highest BCUT2D eigenvalue weighted by Crippen LogP contribution is 2.28. The van der Waals surface area contributed by atoms with Gasteiger partial charge in [-0.25, -0.2) is 14.0 Å². The molecule has 0 radical (unpaired) electrons. The molecular weight excluding hydrogens is 319 g/mol. The van der Waals surface area contributed by atoms with Crippen molar-refractivity contribution in [3.63, 3.8) is 0 Å². The van der Waals surface area contributed by atoms with Crippen LogP contribution >= 0.6 is 0 Å². The van der Waals surface area contributed by atoms with Crippen molar-refractivity contribution in [2.75, 3.05) is 19.7 Å². The van der Waals surface area contributed by atoms with Crippen molar-refractivity contribution in [2.45, 2.75) is 64.8 Å². The van der Waals surface area contributed by atoms with E-state index in [-0.39, 0.29) is 25.0 Å².